The number of aryl methyl sites for hydroxylation is 1. The van der Waals surface area contributed by atoms with Gasteiger partial charge in [0.15, 0.2) is 0 Å². The summed E-state index contributed by atoms with van der Waals surface area (Å²) in [6.45, 7) is 0. The first-order chi connectivity index (χ1) is 8.22. The zero-order valence-electron chi connectivity index (χ0n) is 9.50. The van der Waals surface area contributed by atoms with E-state index in [9.17, 15) is 9.18 Å². The highest BCUT2D eigenvalue weighted by Gasteiger charge is 2.23. The van der Waals surface area contributed by atoms with Gasteiger partial charge in [-0.3, -0.25) is 4.79 Å². The predicted octanol–water partition coefficient (Wildman–Crippen LogP) is 2.43. The second-order valence-electron chi connectivity index (χ2n) is 4.75. The molecule has 0 radical (unpaired) electrons. The number of halogens is 1. The van der Waals surface area contributed by atoms with Crippen molar-refractivity contribution in [1.82, 2.24) is 5.32 Å². The highest BCUT2D eigenvalue weighted by molar-refractivity contribution is 5.96. The highest BCUT2D eigenvalue weighted by Crippen LogP contribution is 2.32. The molecule has 1 fully saturated rings. The second kappa shape index (κ2) is 3.99. The average Bonchev–Trinajstić information content (AvgIpc) is 3.01. The van der Waals surface area contributed by atoms with Crippen LogP contribution in [-0.4, -0.2) is 11.9 Å². The van der Waals surface area contributed by atoms with E-state index in [1.54, 1.807) is 18.2 Å². The lowest BCUT2D eigenvalue weighted by Gasteiger charge is -2.02. The quantitative estimate of drug-likeness (QED) is 0.778. The average molecular weight is 231 g/mol. The zero-order valence-corrected chi connectivity index (χ0v) is 9.50. The number of benzene rings is 1. The largest absolute Gasteiger partial charge is 0.350 e. The van der Waals surface area contributed by atoms with Crippen molar-refractivity contribution >= 4 is 11.5 Å². The van der Waals surface area contributed by atoms with Gasteiger partial charge < -0.3 is 5.32 Å². The summed E-state index contributed by atoms with van der Waals surface area (Å²) >= 11 is 0. The summed E-state index contributed by atoms with van der Waals surface area (Å²) in [4.78, 5) is 11.7. The summed E-state index contributed by atoms with van der Waals surface area (Å²) in [5.74, 6) is -0.216. The van der Waals surface area contributed by atoms with E-state index in [0.717, 1.165) is 42.4 Å². The van der Waals surface area contributed by atoms with Gasteiger partial charge in [0, 0.05) is 12.1 Å². The second-order valence-corrected chi connectivity index (χ2v) is 4.75. The lowest BCUT2D eigenvalue weighted by atomic mass is 10.1. The molecule has 0 aliphatic heterocycles. The zero-order chi connectivity index (χ0) is 11.8. The molecule has 0 heterocycles. The molecule has 0 spiro atoms. The number of amides is 1. The molecule has 1 amide bonds. The molecule has 1 N–H and O–H groups in total. The van der Waals surface area contributed by atoms with Crippen LogP contribution in [0.15, 0.2) is 24.3 Å². The van der Waals surface area contributed by atoms with E-state index in [0.29, 0.717) is 6.04 Å². The fourth-order valence-electron chi connectivity index (χ4n) is 2.27. The number of carbonyl (C=O) groups is 1. The summed E-state index contributed by atoms with van der Waals surface area (Å²) in [7, 11) is 0. The number of carbonyl (C=O) groups excluding carboxylic acids is 1. The Morgan fingerprint density at radius 1 is 1.35 bits per heavy atom. The first kappa shape index (κ1) is 10.5. The molecule has 0 bridgehead atoms. The van der Waals surface area contributed by atoms with Gasteiger partial charge in [0.2, 0.25) is 5.91 Å². The summed E-state index contributed by atoms with van der Waals surface area (Å²) in [6.07, 6.45) is 5.52. The van der Waals surface area contributed by atoms with Crippen LogP contribution in [0.5, 0.6) is 0 Å². The van der Waals surface area contributed by atoms with Crippen LogP contribution in [0.25, 0.3) is 5.57 Å². The van der Waals surface area contributed by atoms with E-state index < -0.39 is 0 Å². The molecule has 2 aliphatic carbocycles. The van der Waals surface area contributed by atoms with E-state index >= 15 is 0 Å². The maximum atomic E-state index is 13.0. The van der Waals surface area contributed by atoms with Gasteiger partial charge in [-0.15, -0.1) is 0 Å². The van der Waals surface area contributed by atoms with Crippen LogP contribution in [0, 0.1) is 5.82 Å². The molecule has 1 aromatic rings. The molecule has 0 unspecified atom stereocenters. The Bertz CT molecular complexity index is 503. The molecular weight excluding hydrogens is 217 g/mol. The summed E-state index contributed by atoms with van der Waals surface area (Å²) in [5.41, 5.74) is 3.06. The number of rotatable bonds is 2. The standard InChI is InChI=1S/C14H14FNO/c15-11-3-6-13-9(7-11)1-2-10(13)8-14(17)16-12-4-5-12/h3,6-8,12H,1-2,4-5H2,(H,16,17)/b10-8-. The Hall–Kier alpha value is -1.64. The number of allylic oxidation sites excluding steroid dienone is 1. The van der Waals surface area contributed by atoms with E-state index in [1.165, 1.54) is 6.07 Å². The fraction of sp³-hybridized carbons (Fsp3) is 0.357. The molecule has 0 saturated heterocycles. The first-order valence-electron chi connectivity index (χ1n) is 6.02. The number of nitrogens with one attached hydrogen (secondary N) is 1. The Kier molecular flexibility index (Phi) is 2.46. The maximum Gasteiger partial charge on any atom is 0.244 e. The predicted molar refractivity (Wildman–Crippen MR) is 63.9 cm³/mol. The molecule has 0 aromatic heterocycles. The van der Waals surface area contributed by atoms with Gasteiger partial charge in [0.1, 0.15) is 5.82 Å². The van der Waals surface area contributed by atoms with Crippen molar-refractivity contribution in [3.63, 3.8) is 0 Å². The number of fused-ring (bicyclic) bond motifs is 1. The van der Waals surface area contributed by atoms with Crippen molar-refractivity contribution in [3.8, 4) is 0 Å². The van der Waals surface area contributed by atoms with Gasteiger partial charge in [-0.25, -0.2) is 4.39 Å². The van der Waals surface area contributed by atoms with Crippen LogP contribution < -0.4 is 5.32 Å². The van der Waals surface area contributed by atoms with Gasteiger partial charge >= 0.3 is 0 Å². The van der Waals surface area contributed by atoms with E-state index in [4.69, 9.17) is 0 Å². The fourth-order valence-corrected chi connectivity index (χ4v) is 2.27. The first-order valence-corrected chi connectivity index (χ1v) is 6.02. The highest BCUT2D eigenvalue weighted by atomic mass is 19.1. The molecule has 1 saturated carbocycles. The van der Waals surface area contributed by atoms with Crippen molar-refractivity contribution in [3.05, 3.63) is 41.2 Å². The SMILES string of the molecule is O=C(/C=C1/CCc2cc(F)ccc21)NC1CC1. The van der Waals surface area contributed by atoms with Crippen LogP contribution in [0.2, 0.25) is 0 Å². The lowest BCUT2D eigenvalue weighted by molar-refractivity contribution is -0.116. The van der Waals surface area contributed by atoms with Crippen molar-refractivity contribution in [2.45, 2.75) is 31.7 Å². The Morgan fingerprint density at radius 2 is 2.18 bits per heavy atom. The minimum absolute atomic E-state index is 0.0142. The van der Waals surface area contributed by atoms with Gasteiger partial charge in [0.05, 0.1) is 0 Å². The minimum atomic E-state index is -0.201. The minimum Gasteiger partial charge on any atom is -0.350 e. The Morgan fingerprint density at radius 3 is 2.94 bits per heavy atom. The third-order valence-corrected chi connectivity index (χ3v) is 3.31. The molecule has 3 heteroatoms. The van der Waals surface area contributed by atoms with Crippen LogP contribution in [-0.2, 0) is 11.2 Å². The van der Waals surface area contributed by atoms with Gasteiger partial charge in [-0.2, -0.15) is 0 Å². The smallest absolute Gasteiger partial charge is 0.244 e. The normalized spacial score (nSPS) is 20.4. The third-order valence-electron chi connectivity index (χ3n) is 3.31. The summed E-state index contributed by atoms with van der Waals surface area (Å²) in [5, 5.41) is 2.93. The molecule has 2 nitrogen and oxygen atoms in total. The monoisotopic (exact) mass is 231 g/mol. The Balaban J connectivity index is 1.82. The topological polar surface area (TPSA) is 29.1 Å². The van der Waals surface area contributed by atoms with Crippen molar-refractivity contribution in [1.29, 1.82) is 0 Å². The van der Waals surface area contributed by atoms with Crippen molar-refractivity contribution in [2.24, 2.45) is 0 Å². The maximum absolute atomic E-state index is 13.0. The van der Waals surface area contributed by atoms with Crippen molar-refractivity contribution in [2.75, 3.05) is 0 Å². The van der Waals surface area contributed by atoms with Gasteiger partial charge in [-0.05, 0) is 54.5 Å². The molecule has 1 aromatic carbocycles. The van der Waals surface area contributed by atoms with Crippen molar-refractivity contribution < 1.29 is 9.18 Å². The van der Waals surface area contributed by atoms with Gasteiger partial charge in [-0.1, -0.05) is 6.07 Å². The molecule has 0 atom stereocenters. The van der Waals surface area contributed by atoms with Crippen LogP contribution >= 0.6 is 0 Å². The lowest BCUT2D eigenvalue weighted by Crippen LogP contribution is -2.23. The molecule has 3 rings (SSSR count). The summed E-state index contributed by atoms with van der Waals surface area (Å²) < 4.78 is 13.0. The summed E-state index contributed by atoms with van der Waals surface area (Å²) in [6, 6.07) is 5.17. The molecular formula is C14H14FNO. The third kappa shape index (κ3) is 2.23. The van der Waals surface area contributed by atoms with Crippen LogP contribution in [0.1, 0.15) is 30.4 Å². The Labute approximate surface area is 99.5 Å². The molecule has 17 heavy (non-hydrogen) atoms. The number of hydrogen-bond donors (Lipinski definition) is 1. The van der Waals surface area contributed by atoms with Crippen LogP contribution in [0.4, 0.5) is 4.39 Å². The van der Waals surface area contributed by atoms with E-state index in [1.807, 2.05) is 0 Å². The van der Waals surface area contributed by atoms with E-state index in [2.05, 4.69) is 5.32 Å². The molecule has 88 valence electrons. The van der Waals surface area contributed by atoms with E-state index in [-0.39, 0.29) is 11.7 Å². The van der Waals surface area contributed by atoms with Crippen LogP contribution in [0.3, 0.4) is 0 Å². The van der Waals surface area contributed by atoms with Gasteiger partial charge in [0.25, 0.3) is 0 Å². The molecule has 2 aliphatic rings. The number of hydrogen-bond acceptors (Lipinski definition) is 1.